The molecular weight excluding hydrogens is 204 g/mol. The summed E-state index contributed by atoms with van der Waals surface area (Å²) in [7, 11) is 0. The van der Waals surface area contributed by atoms with Crippen LogP contribution >= 0.6 is 0 Å². The van der Waals surface area contributed by atoms with E-state index in [1.165, 1.54) is 6.92 Å². The zero-order chi connectivity index (χ0) is 12.6. The maximum atomic E-state index is 10.9. The molecule has 3 nitrogen and oxygen atoms in total. The Hall–Kier alpha value is -1.01. The Morgan fingerprint density at radius 2 is 2.12 bits per heavy atom. The standard InChI is InChI=1S/C13H20O3/c1-6-13(15)9(2)7-11(16-10(3)14)8-12(13,4)5/h1,9,11,15H,7-8H2,2-5H3. The lowest BCUT2D eigenvalue weighted by Gasteiger charge is -2.49. The first kappa shape index (κ1) is 13.1. The van der Waals surface area contributed by atoms with E-state index >= 15 is 0 Å². The van der Waals surface area contributed by atoms with Crippen molar-refractivity contribution in [1.29, 1.82) is 0 Å². The number of hydrogen-bond donors (Lipinski definition) is 1. The number of carbonyl (C=O) groups is 1. The monoisotopic (exact) mass is 224 g/mol. The maximum Gasteiger partial charge on any atom is 0.302 e. The average molecular weight is 224 g/mol. The first-order valence-electron chi connectivity index (χ1n) is 5.60. The third-order valence-electron chi connectivity index (χ3n) is 3.65. The molecule has 0 aromatic rings. The van der Waals surface area contributed by atoms with Crippen LogP contribution in [-0.4, -0.2) is 22.8 Å². The molecule has 1 fully saturated rings. The van der Waals surface area contributed by atoms with Crippen LogP contribution in [0.5, 0.6) is 0 Å². The number of aliphatic hydroxyl groups is 1. The Morgan fingerprint density at radius 1 is 1.56 bits per heavy atom. The molecule has 0 aromatic heterocycles. The second-order valence-corrected chi connectivity index (χ2v) is 5.37. The molecule has 0 bridgehead atoms. The number of terminal acetylenes is 1. The van der Waals surface area contributed by atoms with Gasteiger partial charge in [0.2, 0.25) is 0 Å². The first-order valence-corrected chi connectivity index (χ1v) is 5.60. The molecule has 3 atom stereocenters. The van der Waals surface area contributed by atoms with Gasteiger partial charge in [0.15, 0.2) is 0 Å². The minimum absolute atomic E-state index is 0.0781. The van der Waals surface area contributed by atoms with Crippen LogP contribution in [0.15, 0.2) is 0 Å². The molecule has 1 rings (SSSR count). The molecule has 90 valence electrons. The molecule has 0 radical (unpaired) electrons. The second-order valence-electron chi connectivity index (χ2n) is 5.37. The molecule has 1 aliphatic carbocycles. The van der Waals surface area contributed by atoms with E-state index in [4.69, 9.17) is 11.2 Å². The van der Waals surface area contributed by atoms with Gasteiger partial charge in [-0.1, -0.05) is 26.7 Å². The van der Waals surface area contributed by atoms with Crippen molar-refractivity contribution in [2.75, 3.05) is 0 Å². The summed E-state index contributed by atoms with van der Waals surface area (Å²) in [6, 6.07) is 0. The van der Waals surface area contributed by atoms with Crippen LogP contribution in [0.3, 0.4) is 0 Å². The van der Waals surface area contributed by atoms with E-state index in [1.807, 2.05) is 20.8 Å². The summed E-state index contributed by atoms with van der Waals surface area (Å²) < 4.78 is 5.22. The molecule has 0 aliphatic heterocycles. The van der Waals surface area contributed by atoms with Crippen molar-refractivity contribution in [2.45, 2.75) is 52.2 Å². The van der Waals surface area contributed by atoms with Crippen molar-refractivity contribution < 1.29 is 14.6 Å². The number of esters is 1. The summed E-state index contributed by atoms with van der Waals surface area (Å²) in [5, 5.41) is 10.5. The van der Waals surface area contributed by atoms with Crippen LogP contribution < -0.4 is 0 Å². The van der Waals surface area contributed by atoms with Crippen LogP contribution in [0, 0.1) is 23.7 Å². The van der Waals surface area contributed by atoms with Crippen molar-refractivity contribution in [2.24, 2.45) is 11.3 Å². The Labute approximate surface area is 97.2 Å². The molecular formula is C13H20O3. The van der Waals surface area contributed by atoms with E-state index < -0.39 is 11.0 Å². The van der Waals surface area contributed by atoms with Gasteiger partial charge in [0, 0.05) is 18.3 Å². The van der Waals surface area contributed by atoms with Crippen molar-refractivity contribution in [3.05, 3.63) is 0 Å². The SMILES string of the molecule is C#CC1(O)C(C)CC(OC(C)=O)CC1(C)C. The normalized spacial score (nSPS) is 37.5. The lowest BCUT2D eigenvalue weighted by atomic mass is 9.60. The Morgan fingerprint density at radius 3 is 2.50 bits per heavy atom. The molecule has 3 heteroatoms. The summed E-state index contributed by atoms with van der Waals surface area (Å²) >= 11 is 0. The van der Waals surface area contributed by atoms with Crippen LogP contribution in [0.2, 0.25) is 0 Å². The molecule has 1 N–H and O–H groups in total. The molecule has 1 saturated carbocycles. The fourth-order valence-corrected chi connectivity index (χ4v) is 2.70. The number of carbonyl (C=O) groups excluding carboxylic acids is 1. The number of hydrogen-bond acceptors (Lipinski definition) is 3. The van der Waals surface area contributed by atoms with Gasteiger partial charge < -0.3 is 9.84 Å². The molecule has 0 heterocycles. The fourth-order valence-electron chi connectivity index (χ4n) is 2.70. The van der Waals surface area contributed by atoms with E-state index in [2.05, 4.69) is 5.92 Å². The van der Waals surface area contributed by atoms with E-state index in [0.717, 1.165) is 0 Å². The largest absolute Gasteiger partial charge is 0.463 e. The summed E-state index contributed by atoms with van der Waals surface area (Å²) in [4.78, 5) is 10.9. The van der Waals surface area contributed by atoms with E-state index in [1.54, 1.807) is 0 Å². The molecule has 3 unspecified atom stereocenters. The molecule has 0 aromatic carbocycles. The van der Waals surface area contributed by atoms with Crippen molar-refractivity contribution in [3.63, 3.8) is 0 Å². The highest BCUT2D eigenvalue weighted by Gasteiger charge is 2.52. The fraction of sp³-hybridized carbons (Fsp3) is 0.769. The smallest absolute Gasteiger partial charge is 0.302 e. The molecule has 1 aliphatic rings. The van der Waals surface area contributed by atoms with E-state index in [-0.39, 0.29) is 18.0 Å². The highest BCUT2D eigenvalue weighted by molar-refractivity contribution is 5.66. The molecule has 16 heavy (non-hydrogen) atoms. The highest BCUT2D eigenvalue weighted by Crippen LogP contribution is 2.47. The van der Waals surface area contributed by atoms with Crippen LogP contribution in [-0.2, 0) is 9.53 Å². The van der Waals surface area contributed by atoms with Crippen LogP contribution in [0.4, 0.5) is 0 Å². The Balaban J connectivity index is 2.89. The average Bonchev–Trinajstić information content (AvgIpc) is 2.12. The highest BCUT2D eigenvalue weighted by atomic mass is 16.5. The lowest BCUT2D eigenvalue weighted by Crippen LogP contribution is -2.55. The minimum Gasteiger partial charge on any atom is -0.463 e. The van der Waals surface area contributed by atoms with Gasteiger partial charge in [-0.25, -0.2) is 0 Å². The van der Waals surface area contributed by atoms with E-state index in [0.29, 0.717) is 12.8 Å². The van der Waals surface area contributed by atoms with Gasteiger partial charge >= 0.3 is 5.97 Å². The minimum atomic E-state index is -1.12. The van der Waals surface area contributed by atoms with Crippen molar-refractivity contribution in [3.8, 4) is 12.3 Å². The van der Waals surface area contributed by atoms with Gasteiger partial charge in [0.25, 0.3) is 0 Å². The first-order chi connectivity index (χ1) is 7.23. The van der Waals surface area contributed by atoms with Gasteiger partial charge in [0.05, 0.1) is 0 Å². The predicted octanol–water partition coefficient (Wildman–Crippen LogP) is 1.74. The predicted molar refractivity (Wildman–Crippen MR) is 61.5 cm³/mol. The van der Waals surface area contributed by atoms with Crippen molar-refractivity contribution in [1.82, 2.24) is 0 Å². The molecule has 0 spiro atoms. The van der Waals surface area contributed by atoms with Gasteiger partial charge in [0.1, 0.15) is 11.7 Å². The van der Waals surface area contributed by atoms with Gasteiger partial charge in [-0.05, 0) is 12.8 Å². The summed E-state index contributed by atoms with van der Waals surface area (Å²) in [5.41, 5.74) is -1.57. The van der Waals surface area contributed by atoms with Crippen LogP contribution in [0.25, 0.3) is 0 Å². The summed E-state index contributed by atoms with van der Waals surface area (Å²) in [6.45, 7) is 7.13. The topological polar surface area (TPSA) is 46.5 Å². The number of rotatable bonds is 1. The van der Waals surface area contributed by atoms with Gasteiger partial charge in [-0.2, -0.15) is 0 Å². The zero-order valence-corrected chi connectivity index (χ0v) is 10.4. The Bertz CT molecular complexity index is 327. The number of ether oxygens (including phenoxy) is 1. The third kappa shape index (κ3) is 2.08. The van der Waals surface area contributed by atoms with Crippen LogP contribution in [0.1, 0.15) is 40.5 Å². The van der Waals surface area contributed by atoms with E-state index in [9.17, 15) is 9.90 Å². The zero-order valence-electron chi connectivity index (χ0n) is 10.4. The second kappa shape index (κ2) is 4.10. The summed E-state index contributed by atoms with van der Waals surface area (Å²) in [5.74, 6) is 2.15. The maximum absolute atomic E-state index is 10.9. The molecule has 0 saturated heterocycles. The van der Waals surface area contributed by atoms with Crippen molar-refractivity contribution >= 4 is 5.97 Å². The van der Waals surface area contributed by atoms with Gasteiger partial charge in [-0.15, -0.1) is 6.42 Å². The quantitative estimate of drug-likeness (QED) is 0.545. The summed E-state index contributed by atoms with van der Waals surface area (Å²) in [6.07, 6.45) is 6.51. The molecule has 0 amide bonds. The lowest BCUT2D eigenvalue weighted by molar-refractivity contribution is -0.164. The van der Waals surface area contributed by atoms with Gasteiger partial charge in [-0.3, -0.25) is 4.79 Å². The Kier molecular flexibility index (Phi) is 3.35. The third-order valence-corrected chi connectivity index (χ3v) is 3.65.